The second kappa shape index (κ2) is 6.73. The molecule has 0 radical (unpaired) electrons. The SMILES string of the molecule is COc1ccc(C23NC(=O)N(Cc4ccc(O)cc4)C2=NC=Nc2nc[nH]c23)cc1. The molecule has 2 aromatic carbocycles. The van der Waals surface area contributed by atoms with Gasteiger partial charge in [-0.1, -0.05) is 24.3 Å². The molecular weight excluding hydrogens is 384 g/mol. The molecule has 30 heavy (non-hydrogen) atoms. The van der Waals surface area contributed by atoms with Crippen molar-refractivity contribution in [1.29, 1.82) is 0 Å². The summed E-state index contributed by atoms with van der Waals surface area (Å²) in [4.78, 5) is 31.0. The summed E-state index contributed by atoms with van der Waals surface area (Å²) in [5.74, 6) is 1.81. The second-order valence-corrected chi connectivity index (χ2v) is 6.96. The predicted octanol–water partition coefficient (Wildman–Crippen LogP) is 2.66. The van der Waals surface area contributed by atoms with Gasteiger partial charge in [-0.15, -0.1) is 0 Å². The molecule has 3 N–H and O–H groups in total. The first-order valence-electron chi connectivity index (χ1n) is 9.28. The fourth-order valence-electron chi connectivity index (χ4n) is 3.84. The molecule has 2 amide bonds. The van der Waals surface area contributed by atoms with E-state index in [1.165, 1.54) is 6.34 Å². The van der Waals surface area contributed by atoms with Crippen molar-refractivity contribution in [2.24, 2.45) is 9.98 Å². The van der Waals surface area contributed by atoms with Gasteiger partial charge in [0, 0.05) is 0 Å². The van der Waals surface area contributed by atoms with Gasteiger partial charge in [-0.3, -0.25) is 4.90 Å². The van der Waals surface area contributed by atoms with E-state index in [9.17, 15) is 9.90 Å². The second-order valence-electron chi connectivity index (χ2n) is 6.96. The van der Waals surface area contributed by atoms with Gasteiger partial charge in [-0.2, -0.15) is 0 Å². The van der Waals surface area contributed by atoms with Crippen LogP contribution in [0.15, 0.2) is 64.8 Å². The van der Waals surface area contributed by atoms with E-state index in [0.29, 0.717) is 23.1 Å². The van der Waals surface area contributed by atoms with Crippen molar-refractivity contribution in [2.45, 2.75) is 12.1 Å². The van der Waals surface area contributed by atoms with Crippen molar-refractivity contribution in [2.75, 3.05) is 7.11 Å². The third-order valence-electron chi connectivity index (χ3n) is 5.29. The summed E-state index contributed by atoms with van der Waals surface area (Å²) < 4.78 is 5.28. The number of methoxy groups -OCH3 is 1. The molecule has 5 rings (SSSR count). The van der Waals surface area contributed by atoms with Crippen LogP contribution in [0.4, 0.5) is 10.6 Å². The van der Waals surface area contributed by atoms with Crippen LogP contribution in [-0.2, 0) is 12.1 Å². The average molecular weight is 402 g/mol. The summed E-state index contributed by atoms with van der Waals surface area (Å²) in [5, 5.41) is 12.7. The molecule has 0 spiro atoms. The average Bonchev–Trinajstić information content (AvgIpc) is 3.30. The number of urea groups is 1. The first kappa shape index (κ1) is 17.9. The van der Waals surface area contributed by atoms with Crippen LogP contribution in [0.1, 0.15) is 16.8 Å². The summed E-state index contributed by atoms with van der Waals surface area (Å²) in [6.07, 6.45) is 2.95. The van der Waals surface area contributed by atoms with Crippen molar-refractivity contribution < 1.29 is 14.6 Å². The first-order valence-corrected chi connectivity index (χ1v) is 9.28. The maximum Gasteiger partial charge on any atom is 0.324 e. The van der Waals surface area contributed by atoms with E-state index in [-0.39, 0.29) is 18.3 Å². The topological polar surface area (TPSA) is 115 Å². The number of nitrogens with zero attached hydrogens (tertiary/aromatic N) is 4. The summed E-state index contributed by atoms with van der Waals surface area (Å²) in [5.41, 5.74) is 1.19. The number of aliphatic imine (C=N–C) groups is 2. The van der Waals surface area contributed by atoms with Crippen LogP contribution >= 0.6 is 0 Å². The highest BCUT2D eigenvalue weighted by Gasteiger charge is 2.54. The van der Waals surface area contributed by atoms with Crippen LogP contribution in [-0.4, -0.2) is 45.3 Å². The summed E-state index contributed by atoms with van der Waals surface area (Å²) in [6.45, 7) is 0.278. The van der Waals surface area contributed by atoms with Crippen molar-refractivity contribution in [3.8, 4) is 11.5 Å². The molecular formula is C21H18N6O3. The van der Waals surface area contributed by atoms with E-state index in [0.717, 1.165) is 11.1 Å². The van der Waals surface area contributed by atoms with E-state index in [4.69, 9.17) is 4.74 Å². The van der Waals surface area contributed by atoms with Crippen molar-refractivity contribution in [1.82, 2.24) is 20.2 Å². The summed E-state index contributed by atoms with van der Waals surface area (Å²) >= 11 is 0. The Balaban J connectivity index is 1.65. The number of imidazole rings is 1. The smallest absolute Gasteiger partial charge is 0.324 e. The Morgan fingerprint density at radius 2 is 1.90 bits per heavy atom. The van der Waals surface area contributed by atoms with Crippen LogP contribution in [0.2, 0.25) is 0 Å². The highest BCUT2D eigenvalue weighted by molar-refractivity contribution is 6.15. The lowest BCUT2D eigenvalue weighted by molar-refractivity contribution is 0.225. The van der Waals surface area contributed by atoms with Gasteiger partial charge in [0.1, 0.15) is 17.8 Å². The van der Waals surface area contributed by atoms with Crippen molar-refractivity contribution in [3.05, 3.63) is 71.7 Å². The molecule has 1 unspecified atom stereocenters. The molecule has 0 bridgehead atoms. The Morgan fingerprint density at radius 3 is 2.63 bits per heavy atom. The molecule has 1 atom stereocenters. The van der Waals surface area contributed by atoms with Crippen LogP contribution in [0, 0.1) is 0 Å². The molecule has 9 nitrogen and oxygen atoms in total. The number of aromatic hydroxyl groups is 1. The number of hydrogen-bond donors (Lipinski definition) is 3. The number of rotatable bonds is 4. The van der Waals surface area contributed by atoms with E-state index in [1.807, 2.05) is 24.3 Å². The van der Waals surface area contributed by atoms with Gasteiger partial charge in [0.15, 0.2) is 17.2 Å². The highest BCUT2D eigenvalue weighted by atomic mass is 16.5. The number of H-pyrrole nitrogens is 1. The van der Waals surface area contributed by atoms with Crippen LogP contribution < -0.4 is 10.1 Å². The summed E-state index contributed by atoms with van der Waals surface area (Å²) in [7, 11) is 1.60. The quantitative estimate of drug-likeness (QED) is 0.622. The number of fused-ring (bicyclic) bond motifs is 3. The summed E-state index contributed by atoms with van der Waals surface area (Å²) in [6, 6.07) is 13.8. The maximum absolute atomic E-state index is 13.1. The van der Waals surface area contributed by atoms with Crippen molar-refractivity contribution in [3.63, 3.8) is 0 Å². The molecule has 0 saturated carbocycles. The lowest BCUT2D eigenvalue weighted by atomic mass is 9.85. The number of phenolic OH excluding ortho intramolecular Hbond substituents is 1. The minimum Gasteiger partial charge on any atom is -0.508 e. The van der Waals surface area contributed by atoms with Crippen LogP contribution in [0.3, 0.4) is 0 Å². The van der Waals surface area contributed by atoms with Gasteiger partial charge in [-0.25, -0.2) is 19.8 Å². The number of amidine groups is 1. The minimum absolute atomic E-state index is 0.165. The third-order valence-corrected chi connectivity index (χ3v) is 5.29. The Morgan fingerprint density at radius 1 is 1.13 bits per heavy atom. The highest BCUT2D eigenvalue weighted by Crippen LogP contribution is 2.41. The Kier molecular flexibility index (Phi) is 4.02. The Bertz CT molecular complexity index is 1170. The van der Waals surface area contributed by atoms with Gasteiger partial charge in [0.2, 0.25) is 0 Å². The number of hydrogen-bond acceptors (Lipinski definition) is 6. The molecule has 9 heteroatoms. The standard InChI is InChI=1S/C21H18N6O3/c1-30-16-8-4-14(5-9-16)21-17-18(23-11-22-17)24-12-25-19(21)27(20(29)26-21)10-13-2-6-15(28)7-3-13/h2-9,11-12,28H,10H2,1H3,(H,22,23)(H,26,29). The van der Waals surface area contributed by atoms with Gasteiger partial charge >= 0.3 is 6.03 Å². The number of ether oxygens (including phenoxy) is 1. The van der Waals surface area contributed by atoms with Gasteiger partial charge in [0.05, 0.1) is 25.7 Å². The number of aromatic amines is 1. The molecule has 0 aliphatic carbocycles. The zero-order chi connectivity index (χ0) is 20.7. The van der Waals surface area contributed by atoms with Gasteiger partial charge < -0.3 is 20.1 Å². The van der Waals surface area contributed by atoms with E-state index >= 15 is 0 Å². The van der Waals surface area contributed by atoms with Gasteiger partial charge in [-0.05, 0) is 35.4 Å². The molecule has 1 saturated heterocycles. The molecule has 3 aromatic rings. The normalized spacial score (nSPS) is 19.6. The van der Waals surface area contributed by atoms with E-state index < -0.39 is 5.54 Å². The molecule has 3 heterocycles. The lowest BCUT2D eigenvalue weighted by Crippen LogP contribution is -2.45. The van der Waals surface area contributed by atoms with E-state index in [1.54, 1.807) is 42.6 Å². The van der Waals surface area contributed by atoms with Crippen LogP contribution in [0.5, 0.6) is 11.5 Å². The molecule has 1 fully saturated rings. The maximum atomic E-state index is 13.1. The molecule has 2 aliphatic rings. The first-order chi connectivity index (χ1) is 14.6. The third kappa shape index (κ3) is 2.63. The molecule has 150 valence electrons. The number of aromatic nitrogens is 2. The molecule has 1 aromatic heterocycles. The van der Waals surface area contributed by atoms with Crippen molar-refractivity contribution >= 4 is 24.0 Å². The Hall–Kier alpha value is -4.14. The number of amides is 2. The number of nitrogens with one attached hydrogen (secondary N) is 2. The zero-order valence-electron chi connectivity index (χ0n) is 16.0. The van der Waals surface area contributed by atoms with Crippen LogP contribution in [0.25, 0.3) is 0 Å². The predicted molar refractivity (Wildman–Crippen MR) is 110 cm³/mol. The van der Waals surface area contributed by atoms with E-state index in [2.05, 4.69) is 25.3 Å². The number of benzene rings is 2. The lowest BCUT2D eigenvalue weighted by Gasteiger charge is -2.29. The number of carbonyl (C=O) groups is 1. The minimum atomic E-state index is -1.08. The molecule has 2 aliphatic heterocycles. The number of carbonyl (C=O) groups excluding carboxylic acids is 1. The Labute approximate surface area is 171 Å². The largest absolute Gasteiger partial charge is 0.508 e. The monoisotopic (exact) mass is 402 g/mol. The fourth-order valence-corrected chi connectivity index (χ4v) is 3.84. The zero-order valence-corrected chi connectivity index (χ0v) is 16.0. The number of phenols is 1. The fraction of sp³-hybridized carbons (Fsp3) is 0.143. The van der Waals surface area contributed by atoms with Gasteiger partial charge in [0.25, 0.3) is 0 Å².